The summed E-state index contributed by atoms with van der Waals surface area (Å²) in [6.07, 6.45) is 1.78. The molecule has 1 heterocycles. The number of ether oxygens (including phenoxy) is 1. The molecule has 1 N–H and O–H groups in total. The summed E-state index contributed by atoms with van der Waals surface area (Å²) in [6, 6.07) is 13.0. The molecule has 0 fully saturated rings. The molecular formula is C19H13ClFN3O2S. The first-order valence-electron chi connectivity index (χ1n) is 7.78. The molecule has 0 radical (unpaired) electrons. The SMILES string of the molecule is CSc1nc(-c2ccc(OCc3c(F)cccc3Cl)cc2)c(C#N)c(=O)[nH]1. The molecule has 0 saturated carbocycles. The van der Waals surface area contributed by atoms with E-state index in [0.717, 1.165) is 0 Å². The van der Waals surface area contributed by atoms with Crippen LogP contribution < -0.4 is 10.3 Å². The summed E-state index contributed by atoms with van der Waals surface area (Å²) in [4.78, 5) is 18.9. The lowest BCUT2D eigenvalue weighted by Crippen LogP contribution is -2.14. The predicted octanol–water partition coefficient (Wildman–Crippen LogP) is 4.40. The fourth-order valence-electron chi connectivity index (χ4n) is 2.40. The Labute approximate surface area is 163 Å². The first-order valence-corrected chi connectivity index (χ1v) is 9.38. The van der Waals surface area contributed by atoms with Crippen LogP contribution in [0.3, 0.4) is 0 Å². The molecule has 0 saturated heterocycles. The van der Waals surface area contributed by atoms with E-state index in [1.165, 1.54) is 23.9 Å². The summed E-state index contributed by atoms with van der Waals surface area (Å²) >= 11 is 7.26. The van der Waals surface area contributed by atoms with E-state index in [4.69, 9.17) is 16.3 Å². The van der Waals surface area contributed by atoms with E-state index in [0.29, 0.717) is 27.2 Å². The zero-order chi connectivity index (χ0) is 19.4. The molecule has 0 bridgehead atoms. The number of nitriles is 1. The minimum absolute atomic E-state index is 0.0197. The van der Waals surface area contributed by atoms with Gasteiger partial charge >= 0.3 is 0 Å². The van der Waals surface area contributed by atoms with Crippen molar-refractivity contribution in [2.75, 3.05) is 6.26 Å². The Kier molecular flexibility index (Phi) is 5.79. The molecule has 3 rings (SSSR count). The number of benzene rings is 2. The van der Waals surface area contributed by atoms with Gasteiger partial charge in [-0.15, -0.1) is 0 Å². The second kappa shape index (κ2) is 8.25. The molecule has 0 spiro atoms. The number of nitrogens with zero attached hydrogens (tertiary/aromatic N) is 2. The van der Waals surface area contributed by atoms with Crippen LogP contribution in [0.15, 0.2) is 52.4 Å². The molecule has 0 aliphatic carbocycles. The second-order valence-electron chi connectivity index (χ2n) is 5.42. The van der Waals surface area contributed by atoms with Gasteiger partial charge in [0.05, 0.1) is 10.7 Å². The van der Waals surface area contributed by atoms with E-state index in [9.17, 15) is 14.4 Å². The molecule has 3 aromatic rings. The third-order valence-corrected chi connectivity index (χ3v) is 4.71. The minimum atomic E-state index is -0.485. The number of halogens is 2. The van der Waals surface area contributed by atoms with Gasteiger partial charge in [0.15, 0.2) is 5.16 Å². The van der Waals surface area contributed by atoms with Gasteiger partial charge in [-0.2, -0.15) is 5.26 Å². The number of hydrogen-bond donors (Lipinski definition) is 1. The van der Waals surface area contributed by atoms with Crippen molar-refractivity contribution in [2.24, 2.45) is 0 Å². The molecule has 27 heavy (non-hydrogen) atoms. The van der Waals surface area contributed by atoms with Crippen molar-refractivity contribution in [2.45, 2.75) is 11.8 Å². The highest BCUT2D eigenvalue weighted by molar-refractivity contribution is 7.98. The fourth-order valence-corrected chi connectivity index (χ4v) is 2.99. The average Bonchev–Trinajstić information content (AvgIpc) is 2.67. The lowest BCUT2D eigenvalue weighted by molar-refractivity contribution is 0.300. The number of nitrogens with one attached hydrogen (secondary N) is 1. The van der Waals surface area contributed by atoms with Crippen molar-refractivity contribution in [1.29, 1.82) is 5.26 Å². The Morgan fingerprint density at radius 2 is 2.04 bits per heavy atom. The normalized spacial score (nSPS) is 10.4. The van der Waals surface area contributed by atoms with Crippen LogP contribution in [-0.4, -0.2) is 16.2 Å². The summed E-state index contributed by atoms with van der Waals surface area (Å²) in [5.74, 6) is 0.0570. The summed E-state index contributed by atoms with van der Waals surface area (Å²) in [6.45, 7) is -0.0197. The van der Waals surface area contributed by atoms with Gasteiger partial charge in [0.1, 0.15) is 29.8 Å². The van der Waals surface area contributed by atoms with Crippen LogP contribution in [0.5, 0.6) is 5.75 Å². The van der Waals surface area contributed by atoms with Crippen LogP contribution >= 0.6 is 23.4 Å². The smallest absolute Gasteiger partial charge is 0.270 e. The van der Waals surface area contributed by atoms with Crippen LogP contribution in [0, 0.1) is 17.1 Å². The Balaban J connectivity index is 1.85. The maximum atomic E-state index is 13.8. The first-order chi connectivity index (χ1) is 13.0. The van der Waals surface area contributed by atoms with Gasteiger partial charge in [-0.1, -0.05) is 29.4 Å². The van der Waals surface area contributed by atoms with Gasteiger partial charge in [-0.25, -0.2) is 9.37 Å². The predicted molar refractivity (Wildman–Crippen MR) is 103 cm³/mol. The second-order valence-corrected chi connectivity index (χ2v) is 6.63. The van der Waals surface area contributed by atoms with E-state index in [-0.39, 0.29) is 17.7 Å². The number of aromatic nitrogens is 2. The van der Waals surface area contributed by atoms with Gasteiger partial charge < -0.3 is 9.72 Å². The summed E-state index contributed by atoms with van der Waals surface area (Å²) in [7, 11) is 0. The number of hydrogen-bond acceptors (Lipinski definition) is 5. The Morgan fingerprint density at radius 1 is 1.30 bits per heavy atom. The van der Waals surface area contributed by atoms with Crippen LogP contribution in [0.25, 0.3) is 11.3 Å². The maximum Gasteiger partial charge on any atom is 0.270 e. The summed E-state index contributed by atoms with van der Waals surface area (Å²) < 4.78 is 19.4. The van der Waals surface area contributed by atoms with Crippen LogP contribution in [0.4, 0.5) is 4.39 Å². The van der Waals surface area contributed by atoms with Crippen LogP contribution in [0.2, 0.25) is 5.02 Å². The van der Waals surface area contributed by atoms with Gasteiger partial charge in [0.25, 0.3) is 5.56 Å². The topological polar surface area (TPSA) is 78.8 Å². The average molecular weight is 402 g/mol. The van der Waals surface area contributed by atoms with E-state index in [2.05, 4.69) is 9.97 Å². The largest absolute Gasteiger partial charge is 0.489 e. The molecule has 0 unspecified atom stereocenters. The van der Waals surface area contributed by atoms with Crippen molar-refractivity contribution in [3.63, 3.8) is 0 Å². The summed E-state index contributed by atoms with van der Waals surface area (Å²) in [5.41, 5.74) is 0.635. The maximum absolute atomic E-state index is 13.8. The standard InChI is InChI=1S/C19H13ClFN3O2S/c1-27-19-23-17(13(9-22)18(25)24-19)11-5-7-12(8-6-11)26-10-14-15(20)3-2-4-16(14)21/h2-8H,10H2,1H3,(H,23,24,25). The highest BCUT2D eigenvalue weighted by Gasteiger charge is 2.13. The lowest BCUT2D eigenvalue weighted by atomic mass is 10.1. The Hall–Kier alpha value is -2.82. The quantitative estimate of drug-likeness (QED) is 0.506. The first kappa shape index (κ1) is 19.0. The fraction of sp³-hybridized carbons (Fsp3) is 0.105. The van der Waals surface area contributed by atoms with Crippen molar-refractivity contribution in [3.05, 3.63) is 74.8 Å². The Bertz CT molecular complexity index is 1060. The monoisotopic (exact) mass is 401 g/mol. The zero-order valence-electron chi connectivity index (χ0n) is 14.1. The third kappa shape index (κ3) is 4.13. The van der Waals surface area contributed by atoms with Crippen molar-refractivity contribution < 1.29 is 9.13 Å². The molecule has 0 amide bonds. The number of thioether (sulfide) groups is 1. The minimum Gasteiger partial charge on any atom is -0.489 e. The highest BCUT2D eigenvalue weighted by atomic mass is 35.5. The van der Waals surface area contributed by atoms with Gasteiger partial charge in [0.2, 0.25) is 0 Å². The van der Waals surface area contributed by atoms with Gasteiger partial charge in [0, 0.05) is 11.1 Å². The molecule has 0 aliphatic rings. The van der Waals surface area contributed by atoms with E-state index in [1.807, 2.05) is 6.07 Å². The van der Waals surface area contributed by atoms with E-state index in [1.54, 1.807) is 36.6 Å². The molecule has 136 valence electrons. The number of H-pyrrole nitrogens is 1. The molecule has 5 nitrogen and oxygen atoms in total. The third-order valence-electron chi connectivity index (χ3n) is 3.78. The molecular weight excluding hydrogens is 389 g/mol. The lowest BCUT2D eigenvalue weighted by Gasteiger charge is -2.10. The van der Waals surface area contributed by atoms with E-state index < -0.39 is 11.4 Å². The zero-order valence-corrected chi connectivity index (χ0v) is 15.7. The van der Waals surface area contributed by atoms with Crippen molar-refractivity contribution in [3.8, 4) is 23.1 Å². The molecule has 1 aromatic heterocycles. The van der Waals surface area contributed by atoms with Gasteiger partial charge in [-0.05, 0) is 42.7 Å². The Morgan fingerprint density at radius 3 is 2.67 bits per heavy atom. The van der Waals surface area contributed by atoms with Gasteiger partial charge in [-0.3, -0.25) is 4.79 Å². The number of rotatable bonds is 5. The molecule has 8 heteroatoms. The van der Waals surface area contributed by atoms with Crippen LogP contribution in [0.1, 0.15) is 11.1 Å². The molecule has 2 aromatic carbocycles. The highest BCUT2D eigenvalue weighted by Crippen LogP contribution is 2.25. The number of aromatic amines is 1. The van der Waals surface area contributed by atoms with Crippen molar-refractivity contribution >= 4 is 23.4 Å². The molecule has 0 atom stereocenters. The van der Waals surface area contributed by atoms with Crippen LogP contribution in [-0.2, 0) is 6.61 Å². The van der Waals surface area contributed by atoms with E-state index >= 15 is 0 Å². The van der Waals surface area contributed by atoms with Crippen molar-refractivity contribution in [1.82, 2.24) is 9.97 Å². The summed E-state index contributed by atoms with van der Waals surface area (Å²) in [5, 5.41) is 9.97. The molecule has 0 aliphatic heterocycles.